The molecule has 0 aliphatic rings. The lowest BCUT2D eigenvalue weighted by atomic mass is 10.0. The lowest BCUT2D eigenvalue weighted by Gasteiger charge is -2.13. The molecule has 0 spiro atoms. The summed E-state index contributed by atoms with van der Waals surface area (Å²) in [6.45, 7) is 5.06. The topological polar surface area (TPSA) is 70.8 Å². The van der Waals surface area contributed by atoms with Crippen molar-refractivity contribution in [3.63, 3.8) is 0 Å². The molecule has 1 heterocycles. The highest BCUT2D eigenvalue weighted by molar-refractivity contribution is 6.34. The van der Waals surface area contributed by atoms with Gasteiger partial charge in [0.1, 0.15) is 11.5 Å². The fraction of sp³-hybridized carbons (Fsp3) is 0.417. The Balaban J connectivity index is 1.58. The van der Waals surface area contributed by atoms with Crippen molar-refractivity contribution in [3.05, 3.63) is 51.1 Å². The molecule has 0 aliphatic carbocycles. The zero-order chi connectivity index (χ0) is 23.1. The Morgan fingerprint density at radius 1 is 1.06 bits per heavy atom. The molecule has 172 valence electrons. The Labute approximate surface area is 197 Å². The molecular weight excluding hydrogens is 453 g/mol. The molecule has 2 aromatic carbocycles. The molecule has 0 fully saturated rings. The highest BCUT2D eigenvalue weighted by atomic mass is 35.5. The molecule has 0 bridgehead atoms. The second-order valence-corrected chi connectivity index (χ2v) is 8.14. The minimum atomic E-state index is -0.384. The van der Waals surface area contributed by atoms with E-state index in [2.05, 4.69) is 23.7 Å². The molecular formula is C24H27Cl2NO5. The van der Waals surface area contributed by atoms with Crippen LogP contribution in [0.2, 0.25) is 10.0 Å². The number of rotatable bonds is 11. The van der Waals surface area contributed by atoms with Crippen LogP contribution in [0.3, 0.4) is 0 Å². The molecule has 0 atom stereocenters. The van der Waals surface area contributed by atoms with Gasteiger partial charge in [-0.15, -0.1) is 0 Å². The van der Waals surface area contributed by atoms with Crippen LogP contribution in [0.1, 0.15) is 43.5 Å². The summed E-state index contributed by atoms with van der Waals surface area (Å²) >= 11 is 12.5. The number of nitrogens with zero attached hydrogens (tertiary/aromatic N) is 1. The molecule has 0 amide bonds. The van der Waals surface area contributed by atoms with Gasteiger partial charge in [-0.1, -0.05) is 48.6 Å². The van der Waals surface area contributed by atoms with Gasteiger partial charge >= 0.3 is 5.97 Å². The first-order valence-electron chi connectivity index (χ1n) is 10.7. The summed E-state index contributed by atoms with van der Waals surface area (Å²) in [5.74, 6) is 0.893. The number of fused-ring (bicyclic) bond motifs is 1. The molecule has 0 radical (unpaired) electrons. The van der Waals surface area contributed by atoms with Gasteiger partial charge in [-0.25, -0.2) is 0 Å². The molecule has 0 N–H and O–H groups in total. The third kappa shape index (κ3) is 5.67. The number of halogens is 2. The van der Waals surface area contributed by atoms with E-state index in [1.54, 1.807) is 12.1 Å². The molecule has 3 aromatic rings. The van der Waals surface area contributed by atoms with Crippen LogP contribution >= 0.6 is 23.2 Å². The van der Waals surface area contributed by atoms with Crippen molar-refractivity contribution in [1.29, 1.82) is 0 Å². The van der Waals surface area contributed by atoms with E-state index >= 15 is 0 Å². The summed E-state index contributed by atoms with van der Waals surface area (Å²) in [6, 6.07) is 7.24. The zero-order valence-electron chi connectivity index (χ0n) is 18.5. The molecule has 0 unspecified atom stereocenters. The van der Waals surface area contributed by atoms with Gasteiger partial charge in [-0.3, -0.25) is 4.79 Å². The highest BCUT2D eigenvalue weighted by Crippen LogP contribution is 2.33. The van der Waals surface area contributed by atoms with Gasteiger partial charge in [0.05, 0.1) is 37.5 Å². The van der Waals surface area contributed by atoms with E-state index in [9.17, 15) is 4.79 Å². The van der Waals surface area contributed by atoms with E-state index in [0.717, 1.165) is 47.2 Å². The first kappa shape index (κ1) is 24.2. The maximum absolute atomic E-state index is 11.5. The maximum Gasteiger partial charge on any atom is 0.310 e. The van der Waals surface area contributed by atoms with Gasteiger partial charge in [0.25, 0.3) is 0 Å². The number of aryl methyl sites for hydroxylation is 2. The van der Waals surface area contributed by atoms with Crippen molar-refractivity contribution in [2.45, 2.75) is 46.0 Å². The largest absolute Gasteiger partial charge is 0.493 e. The Hall–Kier alpha value is -2.44. The average Bonchev–Trinajstić information content (AvgIpc) is 3.21. The van der Waals surface area contributed by atoms with Crippen molar-refractivity contribution in [3.8, 4) is 11.5 Å². The van der Waals surface area contributed by atoms with Crippen molar-refractivity contribution in [1.82, 2.24) is 5.16 Å². The summed E-state index contributed by atoms with van der Waals surface area (Å²) in [5.41, 5.74) is 3.42. The van der Waals surface area contributed by atoms with Crippen LogP contribution in [-0.2, 0) is 28.8 Å². The smallest absolute Gasteiger partial charge is 0.310 e. The molecule has 6 nitrogen and oxygen atoms in total. The molecule has 0 saturated heterocycles. The van der Waals surface area contributed by atoms with Crippen molar-refractivity contribution in [2.75, 3.05) is 20.3 Å². The zero-order valence-corrected chi connectivity index (χ0v) is 20.0. The molecule has 32 heavy (non-hydrogen) atoms. The number of hydrogen-bond acceptors (Lipinski definition) is 6. The summed E-state index contributed by atoms with van der Waals surface area (Å²) in [5, 5.41) is 6.03. The number of methoxy groups -OCH3 is 1. The van der Waals surface area contributed by atoms with Gasteiger partial charge in [-0.2, -0.15) is 0 Å². The van der Waals surface area contributed by atoms with Crippen LogP contribution in [0.4, 0.5) is 0 Å². The van der Waals surface area contributed by atoms with Crippen LogP contribution < -0.4 is 9.47 Å². The number of esters is 1. The van der Waals surface area contributed by atoms with Gasteiger partial charge in [0.2, 0.25) is 0 Å². The van der Waals surface area contributed by atoms with E-state index in [0.29, 0.717) is 41.0 Å². The van der Waals surface area contributed by atoms with Gasteiger partial charge in [-0.05, 0) is 36.6 Å². The third-order valence-corrected chi connectivity index (χ3v) is 5.72. The lowest BCUT2D eigenvalue weighted by molar-refractivity contribution is -0.139. The van der Waals surface area contributed by atoms with E-state index < -0.39 is 0 Å². The monoisotopic (exact) mass is 479 g/mol. The first-order valence-corrected chi connectivity index (χ1v) is 11.4. The summed E-state index contributed by atoms with van der Waals surface area (Å²) in [4.78, 5) is 11.5. The Bertz CT molecular complexity index is 1080. The van der Waals surface area contributed by atoms with Crippen molar-refractivity contribution in [2.24, 2.45) is 0 Å². The van der Waals surface area contributed by atoms with Gasteiger partial charge < -0.3 is 18.7 Å². The Morgan fingerprint density at radius 2 is 1.81 bits per heavy atom. The molecule has 8 heteroatoms. The fourth-order valence-electron chi connectivity index (χ4n) is 3.43. The summed E-state index contributed by atoms with van der Waals surface area (Å²) in [7, 11) is 1.33. The van der Waals surface area contributed by atoms with E-state index in [1.807, 2.05) is 12.1 Å². The van der Waals surface area contributed by atoms with E-state index in [-0.39, 0.29) is 12.4 Å². The maximum atomic E-state index is 11.5. The number of carbonyl (C=O) groups is 1. The number of carbonyl (C=O) groups excluding carboxylic acids is 1. The normalized spacial score (nSPS) is 11.0. The molecule has 1 aromatic heterocycles. The van der Waals surface area contributed by atoms with Gasteiger partial charge in [0.15, 0.2) is 5.58 Å². The van der Waals surface area contributed by atoms with E-state index in [4.69, 9.17) is 37.2 Å². The van der Waals surface area contributed by atoms with Crippen LogP contribution in [0.5, 0.6) is 11.5 Å². The molecule has 3 rings (SSSR count). The van der Waals surface area contributed by atoms with Gasteiger partial charge in [0, 0.05) is 28.5 Å². The molecule has 0 saturated carbocycles. The van der Waals surface area contributed by atoms with Crippen LogP contribution in [0, 0.1) is 0 Å². The Kier molecular flexibility index (Phi) is 8.65. The minimum Gasteiger partial charge on any atom is -0.493 e. The number of benzene rings is 2. The SMILES string of the molecule is CCCc1c(OCCCOc2cc(Cl)c(CC(=O)OC)cc2Cl)ccc2c(CC)noc12. The number of hydrogen-bond donors (Lipinski definition) is 0. The third-order valence-electron chi connectivity index (χ3n) is 5.08. The van der Waals surface area contributed by atoms with Crippen molar-refractivity contribution >= 4 is 40.1 Å². The number of aromatic nitrogens is 1. The van der Waals surface area contributed by atoms with Crippen LogP contribution in [0.25, 0.3) is 11.0 Å². The van der Waals surface area contributed by atoms with Crippen molar-refractivity contribution < 1.29 is 23.5 Å². The predicted octanol–water partition coefficient (Wildman–Crippen LogP) is 6.21. The number of ether oxygens (including phenoxy) is 3. The summed E-state index contributed by atoms with van der Waals surface area (Å²) in [6.07, 6.45) is 3.36. The van der Waals surface area contributed by atoms with Crippen LogP contribution in [-0.4, -0.2) is 31.4 Å². The summed E-state index contributed by atoms with van der Waals surface area (Å²) < 4.78 is 22.1. The minimum absolute atomic E-state index is 0.0541. The predicted molar refractivity (Wildman–Crippen MR) is 125 cm³/mol. The standard InChI is InChI=1S/C24H27Cl2NO5/c1-4-7-17-21(9-8-16-20(5-2)27-32-24(16)17)30-10-6-11-31-22-14-18(25)15(12-19(22)26)13-23(28)29-3/h8-9,12,14H,4-7,10-11,13H2,1-3H3. The van der Waals surface area contributed by atoms with E-state index in [1.165, 1.54) is 7.11 Å². The van der Waals surface area contributed by atoms with Crippen LogP contribution in [0.15, 0.2) is 28.8 Å². The molecule has 0 aliphatic heterocycles. The highest BCUT2D eigenvalue weighted by Gasteiger charge is 2.16. The average molecular weight is 480 g/mol. The second kappa shape index (κ2) is 11.4. The fourth-order valence-corrected chi connectivity index (χ4v) is 3.90. The second-order valence-electron chi connectivity index (χ2n) is 7.33. The Morgan fingerprint density at radius 3 is 2.50 bits per heavy atom. The quantitative estimate of drug-likeness (QED) is 0.240. The lowest BCUT2D eigenvalue weighted by Crippen LogP contribution is -2.07. The first-order chi connectivity index (χ1) is 15.5.